The number of rotatable bonds is 6. The van der Waals surface area contributed by atoms with Gasteiger partial charge in [0, 0.05) is 42.0 Å². The van der Waals surface area contributed by atoms with Gasteiger partial charge in [0.15, 0.2) is 17.8 Å². The zero-order chi connectivity index (χ0) is 29.6. The molecule has 1 N–H and O–H groups in total. The van der Waals surface area contributed by atoms with Crippen LogP contribution in [0.1, 0.15) is 12.8 Å². The maximum atomic E-state index is 16.3. The molecule has 0 radical (unpaired) electrons. The molecule has 218 valence electrons. The quantitative estimate of drug-likeness (QED) is 0.224. The third kappa shape index (κ3) is 4.82. The van der Waals surface area contributed by atoms with E-state index in [0.29, 0.717) is 16.3 Å². The summed E-state index contributed by atoms with van der Waals surface area (Å²) < 4.78 is 66.8. The molecule has 2 aliphatic heterocycles. The maximum Gasteiger partial charge on any atom is 0.188 e. The third-order valence-electron chi connectivity index (χ3n) is 8.15. The third-order valence-corrected chi connectivity index (χ3v) is 8.52. The van der Waals surface area contributed by atoms with Crippen molar-refractivity contribution in [1.29, 1.82) is 5.26 Å². The first-order valence-corrected chi connectivity index (χ1v) is 13.9. The van der Waals surface area contributed by atoms with E-state index in [2.05, 4.69) is 21.4 Å². The van der Waals surface area contributed by atoms with Gasteiger partial charge in [0.1, 0.15) is 29.7 Å². The minimum atomic E-state index is -1.68. The van der Waals surface area contributed by atoms with Crippen LogP contribution in [-0.2, 0) is 4.74 Å². The average molecular weight is 599 g/mol. The van der Waals surface area contributed by atoms with Crippen molar-refractivity contribution in [2.45, 2.75) is 37.1 Å². The highest BCUT2D eigenvalue weighted by Crippen LogP contribution is 2.41. The number of benzene rings is 3. The molecule has 2 unspecified atom stereocenters. The highest BCUT2D eigenvalue weighted by molar-refractivity contribution is 6.36. The highest BCUT2D eigenvalue weighted by atomic mass is 35.5. The SMILES string of the molecule is CN1C[C@H](F)C[C@H]1COC1(CC#N)CNCC(F)N1c1ncnc2c(F)c(-c3cccc4ccc(F)c(Cl)c34)ccc12. The molecular formula is C30H27ClF4N6O. The largest absolute Gasteiger partial charge is 0.351 e. The smallest absolute Gasteiger partial charge is 0.188 e. The van der Waals surface area contributed by atoms with Crippen LogP contribution < -0.4 is 10.2 Å². The molecule has 4 atom stereocenters. The van der Waals surface area contributed by atoms with Crippen LogP contribution in [0.15, 0.2) is 48.8 Å². The lowest BCUT2D eigenvalue weighted by Crippen LogP contribution is -2.67. The van der Waals surface area contributed by atoms with E-state index in [0.717, 1.165) is 6.33 Å². The van der Waals surface area contributed by atoms with Crippen LogP contribution in [0.3, 0.4) is 0 Å². The van der Waals surface area contributed by atoms with Crippen molar-refractivity contribution >= 4 is 39.1 Å². The lowest BCUT2D eigenvalue weighted by atomic mass is 9.96. The normalized spacial score (nSPS) is 24.9. The first-order chi connectivity index (χ1) is 20.2. The van der Waals surface area contributed by atoms with E-state index in [9.17, 15) is 14.0 Å². The summed E-state index contributed by atoms with van der Waals surface area (Å²) in [4.78, 5) is 11.6. The monoisotopic (exact) mass is 598 g/mol. The van der Waals surface area contributed by atoms with Gasteiger partial charge in [-0.25, -0.2) is 27.5 Å². The van der Waals surface area contributed by atoms with Gasteiger partial charge < -0.3 is 10.1 Å². The fourth-order valence-corrected chi connectivity index (χ4v) is 6.33. The van der Waals surface area contributed by atoms with Crippen molar-refractivity contribution in [3.63, 3.8) is 0 Å². The van der Waals surface area contributed by atoms with E-state index in [4.69, 9.17) is 16.3 Å². The van der Waals surface area contributed by atoms with E-state index in [-0.39, 0.29) is 72.4 Å². The number of fused-ring (bicyclic) bond motifs is 2. The number of alkyl halides is 2. The predicted octanol–water partition coefficient (Wildman–Crippen LogP) is 5.76. The molecule has 7 nitrogen and oxygen atoms in total. The highest BCUT2D eigenvalue weighted by Gasteiger charge is 2.47. The second-order valence-corrected chi connectivity index (χ2v) is 11.1. The van der Waals surface area contributed by atoms with Gasteiger partial charge in [-0.3, -0.25) is 9.80 Å². The van der Waals surface area contributed by atoms with Crippen LogP contribution in [-0.4, -0.2) is 72.4 Å². The first kappa shape index (κ1) is 28.6. The van der Waals surface area contributed by atoms with Gasteiger partial charge >= 0.3 is 0 Å². The van der Waals surface area contributed by atoms with E-state index in [1.807, 2.05) is 4.90 Å². The van der Waals surface area contributed by atoms with Crippen molar-refractivity contribution in [3.8, 4) is 17.2 Å². The minimum absolute atomic E-state index is 0.0554. The second kappa shape index (κ2) is 11.3. The zero-order valence-electron chi connectivity index (χ0n) is 22.6. The molecule has 3 heterocycles. The van der Waals surface area contributed by atoms with Crippen LogP contribution in [0.2, 0.25) is 5.02 Å². The van der Waals surface area contributed by atoms with Crippen molar-refractivity contribution < 1.29 is 22.3 Å². The molecule has 2 saturated heterocycles. The van der Waals surface area contributed by atoms with Crippen LogP contribution in [0.4, 0.5) is 23.4 Å². The molecule has 0 aliphatic carbocycles. The number of nitrogens with one attached hydrogen (secondary N) is 1. The summed E-state index contributed by atoms with van der Waals surface area (Å²) >= 11 is 6.31. The van der Waals surface area contributed by atoms with Gasteiger partial charge in [0.2, 0.25) is 0 Å². The molecule has 1 aromatic heterocycles. The van der Waals surface area contributed by atoms with E-state index in [1.54, 1.807) is 37.4 Å². The van der Waals surface area contributed by atoms with Gasteiger partial charge in [-0.15, -0.1) is 0 Å². The lowest BCUT2D eigenvalue weighted by molar-refractivity contribution is -0.0838. The number of aromatic nitrogens is 2. The standard InChI is InChI=1S/C30H27ClF4N6O/c1-40-13-18(32)11-19(40)14-42-30(9-10-36)15-37-12-24(34)41(30)29-22-7-6-21(27(35)28(22)38-16-39-29)20-4-2-3-17-5-8-23(33)26(31)25(17)20/h2-8,16,18-19,24,37H,9,11-15H2,1H3/t18-,19+,24?,30?/m1/s1. The Hall–Kier alpha value is -3.56. The van der Waals surface area contributed by atoms with Crippen LogP contribution in [0.5, 0.6) is 0 Å². The van der Waals surface area contributed by atoms with E-state index in [1.165, 1.54) is 17.0 Å². The Kier molecular flexibility index (Phi) is 7.66. The van der Waals surface area contributed by atoms with Gasteiger partial charge in [-0.05, 0) is 36.6 Å². The van der Waals surface area contributed by atoms with Gasteiger partial charge in [-0.1, -0.05) is 41.9 Å². The van der Waals surface area contributed by atoms with E-state index >= 15 is 8.78 Å². The molecule has 42 heavy (non-hydrogen) atoms. The summed E-state index contributed by atoms with van der Waals surface area (Å²) in [6.45, 7) is 0.324. The fourth-order valence-electron chi connectivity index (χ4n) is 6.06. The number of halogens is 5. The number of likely N-dealkylation sites (N-methyl/N-ethyl adjacent to an activating group) is 1. The van der Waals surface area contributed by atoms with Crippen molar-refractivity contribution in [2.75, 3.05) is 38.2 Å². The van der Waals surface area contributed by atoms with Gasteiger partial charge in [0.25, 0.3) is 0 Å². The predicted molar refractivity (Wildman–Crippen MR) is 152 cm³/mol. The number of nitrogens with zero attached hydrogens (tertiary/aromatic N) is 5. The Morgan fingerprint density at radius 2 is 1.98 bits per heavy atom. The summed E-state index contributed by atoms with van der Waals surface area (Å²) in [5.41, 5.74) is -1.09. The molecule has 0 amide bonds. The van der Waals surface area contributed by atoms with Crippen LogP contribution in [0.25, 0.3) is 32.8 Å². The molecule has 2 aliphatic rings. The molecule has 0 spiro atoms. The van der Waals surface area contributed by atoms with Gasteiger partial charge in [0.05, 0.1) is 24.1 Å². The summed E-state index contributed by atoms with van der Waals surface area (Å²) in [6, 6.07) is 12.8. The number of hydrogen-bond acceptors (Lipinski definition) is 7. The number of ether oxygens (including phenoxy) is 1. The summed E-state index contributed by atoms with van der Waals surface area (Å²) in [5, 5.41) is 13.8. The molecule has 3 aromatic carbocycles. The topological polar surface area (TPSA) is 77.3 Å². The van der Waals surface area contributed by atoms with Crippen LogP contribution in [0, 0.1) is 23.0 Å². The number of hydrogen-bond donors (Lipinski definition) is 1. The Bertz CT molecular complexity index is 1700. The summed E-state index contributed by atoms with van der Waals surface area (Å²) in [6.07, 6.45) is -1.52. The van der Waals surface area contributed by atoms with Crippen LogP contribution >= 0.6 is 11.6 Å². The fraction of sp³-hybridized carbons (Fsp3) is 0.367. The van der Waals surface area contributed by atoms with Crippen molar-refractivity contribution in [2.24, 2.45) is 0 Å². The molecule has 2 fully saturated rings. The average Bonchev–Trinajstić information content (AvgIpc) is 3.30. The molecular weight excluding hydrogens is 572 g/mol. The Morgan fingerprint density at radius 1 is 1.14 bits per heavy atom. The maximum absolute atomic E-state index is 16.3. The lowest BCUT2D eigenvalue weighted by Gasteiger charge is -2.48. The van der Waals surface area contributed by atoms with Gasteiger partial charge in [-0.2, -0.15) is 5.26 Å². The molecule has 6 rings (SSSR count). The molecule has 0 saturated carbocycles. The molecule has 0 bridgehead atoms. The van der Waals surface area contributed by atoms with Crippen molar-refractivity contribution in [1.82, 2.24) is 20.2 Å². The number of likely N-dealkylation sites (tertiary alicyclic amines) is 1. The number of nitriles is 1. The summed E-state index contributed by atoms with van der Waals surface area (Å²) in [7, 11) is 1.79. The Morgan fingerprint density at radius 3 is 2.74 bits per heavy atom. The number of piperazine rings is 1. The second-order valence-electron chi connectivity index (χ2n) is 10.7. The number of anilines is 1. The van der Waals surface area contributed by atoms with E-state index < -0.39 is 29.8 Å². The first-order valence-electron chi connectivity index (χ1n) is 13.5. The molecule has 4 aromatic rings. The Balaban J connectivity index is 1.45. The minimum Gasteiger partial charge on any atom is -0.351 e. The van der Waals surface area contributed by atoms with Crippen molar-refractivity contribution in [3.05, 3.63) is 65.4 Å². The zero-order valence-corrected chi connectivity index (χ0v) is 23.4. The summed E-state index contributed by atoms with van der Waals surface area (Å²) in [5.74, 6) is -1.29. The Labute approximate surface area is 244 Å². The molecule has 12 heteroatoms.